The maximum absolute atomic E-state index is 11.8. The van der Waals surface area contributed by atoms with Crippen LogP contribution in [0.4, 0.5) is 0 Å². The second kappa shape index (κ2) is 6.59. The van der Waals surface area contributed by atoms with E-state index in [1.165, 1.54) is 25.7 Å². The fourth-order valence-electron chi connectivity index (χ4n) is 2.53. The van der Waals surface area contributed by atoms with E-state index in [2.05, 4.69) is 5.32 Å². The Morgan fingerprint density at radius 3 is 2.94 bits per heavy atom. The van der Waals surface area contributed by atoms with Crippen molar-refractivity contribution in [2.24, 2.45) is 5.92 Å². The smallest absolute Gasteiger partial charge is 0.220 e. The van der Waals surface area contributed by atoms with Gasteiger partial charge in [-0.3, -0.25) is 4.79 Å². The van der Waals surface area contributed by atoms with Crippen LogP contribution < -0.4 is 5.32 Å². The van der Waals surface area contributed by atoms with Crippen LogP contribution in [-0.4, -0.2) is 19.6 Å². The molecule has 1 aliphatic carbocycles. The molecule has 1 amide bonds. The molecule has 18 heavy (non-hydrogen) atoms. The molecule has 1 fully saturated rings. The zero-order chi connectivity index (χ0) is 12.8. The zero-order valence-corrected chi connectivity index (χ0v) is 10.9. The highest BCUT2D eigenvalue weighted by Crippen LogP contribution is 2.27. The van der Waals surface area contributed by atoms with Crippen molar-refractivity contribution >= 4 is 5.91 Å². The summed E-state index contributed by atoms with van der Waals surface area (Å²) in [5.74, 6) is 1.45. The summed E-state index contributed by atoms with van der Waals surface area (Å²) in [4.78, 5) is 11.8. The highest BCUT2D eigenvalue weighted by molar-refractivity contribution is 5.76. The van der Waals surface area contributed by atoms with Crippen molar-refractivity contribution in [2.45, 2.75) is 38.2 Å². The minimum Gasteiger partial charge on any atom is -0.467 e. The second-order valence-electron chi connectivity index (χ2n) is 4.90. The molecule has 2 rings (SSSR count). The minimum atomic E-state index is -0.201. The normalized spacial score (nSPS) is 17.8. The number of carbonyl (C=O) groups is 1. The quantitative estimate of drug-likeness (QED) is 0.845. The molecule has 0 bridgehead atoms. The maximum Gasteiger partial charge on any atom is 0.220 e. The zero-order valence-electron chi connectivity index (χ0n) is 10.9. The van der Waals surface area contributed by atoms with Gasteiger partial charge < -0.3 is 14.5 Å². The molecule has 0 spiro atoms. The number of nitrogens with one attached hydrogen (secondary N) is 1. The lowest BCUT2D eigenvalue weighted by Crippen LogP contribution is -2.30. The molecule has 0 radical (unpaired) electrons. The third-order valence-electron chi connectivity index (χ3n) is 3.58. The Kier molecular flexibility index (Phi) is 4.81. The van der Waals surface area contributed by atoms with Crippen LogP contribution in [0.15, 0.2) is 22.8 Å². The van der Waals surface area contributed by atoms with Crippen molar-refractivity contribution in [1.29, 1.82) is 0 Å². The molecule has 4 heteroatoms. The van der Waals surface area contributed by atoms with Gasteiger partial charge in [0.25, 0.3) is 0 Å². The third-order valence-corrected chi connectivity index (χ3v) is 3.58. The number of methoxy groups -OCH3 is 1. The van der Waals surface area contributed by atoms with Crippen LogP contribution in [-0.2, 0) is 9.53 Å². The lowest BCUT2D eigenvalue weighted by atomic mass is 10.0. The molecular formula is C14H21NO3. The first-order valence-corrected chi connectivity index (χ1v) is 6.62. The van der Waals surface area contributed by atoms with Gasteiger partial charge in [-0.1, -0.05) is 12.8 Å². The highest BCUT2D eigenvalue weighted by atomic mass is 16.5. The highest BCUT2D eigenvalue weighted by Gasteiger charge is 2.20. The van der Waals surface area contributed by atoms with Crippen LogP contribution in [0.2, 0.25) is 0 Å². The summed E-state index contributed by atoms with van der Waals surface area (Å²) in [5.41, 5.74) is 0. The van der Waals surface area contributed by atoms with E-state index in [4.69, 9.17) is 9.15 Å². The molecule has 1 aromatic heterocycles. The van der Waals surface area contributed by atoms with E-state index in [0.29, 0.717) is 18.9 Å². The molecule has 1 saturated carbocycles. The fraction of sp³-hybridized carbons (Fsp3) is 0.643. The topological polar surface area (TPSA) is 51.5 Å². The van der Waals surface area contributed by atoms with E-state index in [0.717, 1.165) is 5.76 Å². The van der Waals surface area contributed by atoms with Crippen molar-refractivity contribution in [3.8, 4) is 0 Å². The molecular weight excluding hydrogens is 230 g/mol. The largest absolute Gasteiger partial charge is 0.467 e. The van der Waals surface area contributed by atoms with Gasteiger partial charge in [0.1, 0.15) is 11.9 Å². The Bertz CT molecular complexity index is 355. The van der Waals surface area contributed by atoms with E-state index in [9.17, 15) is 4.79 Å². The Balaban J connectivity index is 1.74. The number of ether oxygens (including phenoxy) is 1. The minimum absolute atomic E-state index is 0.121. The number of rotatable bonds is 6. The van der Waals surface area contributed by atoms with Gasteiger partial charge in [0, 0.05) is 13.5 Å². The van der Waals surface area contributed by atoms with Crippen molar-refractivity contribution in [1.82, 2.24) is 5.32 Å². The summed E-state index contributed by atoms with van der Waals surface area (Å²) >= 11 is 0. The van der Waals surface area contributed by atoms with Gasteiger partial charge in [-0.05, 0) is 30.9 Å². The van der Waals surface area contributed by atoms with E-state index in [-0.39, 0.29) is 12.0 Å². The van der Waals surface area contributed by atoms with Crippen molar-refractivity contribution < 1.29 is 13.9 Å². The Labute approximate surface area is 108 Å². The summed E-state index contributed by atoms with van der Waals surface area (Å²) in [6.45, 7) is 0.468. The molecule has 0 saturated heterocycles. The lowest BCUT2D eigenvalue weighted by molar-refractivity contribution is -0.122. The number of hydrogen-bond donors (Lipinski definition) is 1. The summed E-state index contributed by atoms with van der Waals surface area (Å²) in [5, 5.41) is 2.92. The van der Waals surface area contributed by atoms with Gasteiger partial charge in [-0.25, -0.2) is 0 Å². The van der Waals surface area contributed by atoms with E-state index in [1.807, 2.05) is 12.1 Å². The lowest BCUT2D eigenvalue weighted by Gasteiger charge is -2.15. The SMILES string of the molecule is COC(CNC(=O)CC1CCCC1)c1ccco1. The van der Waals surface area contributed by atoms with Crippen molar-refractivity contribution in [2.75, 3.05) is 13.7 Å². The molecule has 4 nitrogen and oxygen atoms in total. The van der Waals surface area contributed by atoms with Gasteiger partial charge in [0.15, 0.2) is 0 Å². The summed E-state index contributed by atoms with van der Waals surface area (Å²) in [6.07, 6.45) is 6.98. The average Bonchev–Trinajstić information content (AvgIpc) is 3.02. The number of amides is 1. The van der Waals surface area contributed by atoms with Crippen LogP contribution in [0.1, 0.15) is 44.0 Å². The molecule has 1 heterocycles. The van der Waals surface area contributed by atoms with Gasteiger partial charge in [-0.15, -0.1) is 0 Å². The maximum atomic E-state index is 11.8. The first-order valence-electron chi connectivity index (χ1n) is 6.62. The van der Waals surface area contributed by atoms with Crippen LogP contribution in [0.25, 0.3) is 0 Å². The first kappa shape index (κ1) is 13.1. The van der Waals surface area contributed by atoms with Crippen LogP contribution in [0, 0.1) is 5.92 Å². The summed E-state index contributed by atoms with van der Waals surface area (Å²) in [6, 6.07) is 3.68. The van der Waals surface area contributed by atoms with Crippen LogP contribution in [0.3, 0.4) is 0 Å². The number of carbonyl (C=O) groups excluding carboxylic acids is 1. The Morgan fingerprint density at radius 2 is 2.33 bits per heavy atom. The van der Waals surface area contributed by atoms with Gasteiger partial charge >= 0.3 is 0 Å². The van der Waals surface area contributed by atoms with Gasteiger partial charge in [0.2, 0.25) is 5.91 Å². The number of hydrogen-bond acceptors (Lipinski definition) is 3. The Hall–Kier alpha value is -1.29. The van der Waals surface area contributed by atoms with Gasteiger partial charge in [0.05, 0.1) is 12.8 Å². The Morgan fingerprint density at radius 1 is 1.56 bits per heavy atom. The first-order chi connectivity index (χ1) is 8.79. The van der Waals surface area contributed by atoms with Crippen LogP contribution >= 0.6 is 0 Å². The molecule has 100 valence electrons. The molecule has 1 atom stereocenters. The molecule has 0 aliphatic heterocycles. The number of furan rings is 1. The van der Waals surface area contributed by atoms with Crippen molar-refractivity contribution in [3.63, 3.8) is 0 Å². The molecule has 1 aliphatic rings. The fourth-order valence-corrected chi connectivity index (χ4v) is 2.53. The summed E-state index contributed by atoms with van der Waals surface area (Å²) < 4.78 is 10.6. The monoisotopic (exact) mass is 251 g/mol. The standard InChI is InChI=1S/C14H21NO3/c1-17-13(12-7-4-8-18-12)10-15-14(16)9-11-5-2-3-6-11/h4,7-8,11,13H,2-3,5-6,9-10H2,1H3,(H,15,16). The molecule has 1 aromatic rings. The van der Waals surface area contributed by atoms with E-state index in [1.54, 1.807) is 13.4 Å². The molecule has 1 unspecified atom stereocenters. The average molecular weight is 251 g/mol. The predicted octanol–water partition coefficient (Wildman–Crippen LogP) is 2.66. The van der Waals surface area contributed by atoms with E-state index >= 15 is 0 Å². The van der Waals surface area contributed by atoms with Gasteiger partial charge in [-0.2, -0.15) is 0 Å². The van der Waals surface area contributed by atoms with Crippen molar-refractivity contribution in [3.05, 3.63) is 24.2 Å². The summed E-state index contributed by atoms with van der Waals surface area (Å²) in [7, 11) is 1.62. The van der Waals surface area contributed by atoms with Crippen LogP contribution in [0.5, 0.6) is 0 Å². The van der Waals surface area contributed by atoms with E-state index < -0.39 is 0 Å². The molecule has 1 N–H and O–H groups in total. The molecule has 0 aromatic carbocycles. The predicted molar refractivity (Wildman–Crippen MR) is 68.0 cm³/mol. The third kappa shape index (κ3) is 3.60. The second-order valence-corrected chi connectivity index (χ2v) is 4.90.